The number of benzene rings is 1. The van der Waals surface area contributed by atoms with E-state index in [0.717, 1.165) is 5.56 Å². The SMILES string of the molecule is COC(=O)c1cc(C(C)(C)C)c(C(C)(C)C)cc1OC. The average molecular weight is 278 g/mol. The van der Waals surface area contributed by atoms with Crippen LogP contribution in [0.25, 0.3) is 0 Å². The molecule has 0 aliphatic carbocycles. The summed E-state index contributed by atoms with van der Waals surface area (Å²) in [5.41, 5.74) is 2.73. The van der Waals surface area contributed by atoms with E-state index in [2.05, 4.69) is 41.5 Å². The Bertz CT molecular complexity index is 502. The molecule has 0 atom stereocenters. The first-order chi connectivity index (χ1) is 9.02. The van der Waals surface area contributed by atoms with Crippen LogP contribution < -0.4 is 4.74 Å². The second-order valence-corrected chi connectivity index (χ2v) is 7.09. The van der Waals surface area contributed by atoms with E-state index in [9.17, 15) is 4.79 Å². The molecule has 112 valence electrons. The summed E-state index contributed by atoms with van der Waals surface area (Å²) in [6.07, 6.45) is 0. The number of esters is 1. The van der Waals surface area contributed by atoms with Gasteiger partial charge in [0.2, 0.25) is 0 Å². The Kier molecular flexibility index (Phi) is 4.52. The summed E-state index contributed by atoms with van der Waals surface area (Å²) in [6, 6.07) is 3.87. The maximum atomic E-state index is 11.9. The largest absolute Gasteiger partial charge is 0.496 e. The minimum atomic E-state index is -0.368. The molecule has 3 heteroatoms. The Morgan fingerprint density at radius 3 is 1.70 bits per heavy atom. The maximum absolute atomic E-state index is 11.9. The third kappa shape index (κ3) is 3.33. The number of methoxy groups -OCH3 is 2. The van der Waals surface area contributed by atoms with E-state index in [-0.39, 0.29) is 16.8 Å². The fourth-order valence-corrected chi connectivity index (χ4v) is 2.26. The lowest BCUT2D eigenvalue weighted by Crippen LogP contribution is -2.23. The Balaban J connectivity index is 3.67. The van der Waals surface area contributed by atoms with Crippen LogP contribution in [0.4, 0.5) is 0 Å². The van der Waals surface area contributed by atoms with Gasteiger partial charge in [-0.05, 0) is 34.1 Å². The van der Waals surface area contributed by atoms with Gasteiger partial charge in [0.05, 0.1) is 14.2 Å². The van der Waals surface area contributed by atoms with Gasteiger partial charge >= 0.3 is 5.97 Å². The van der Waals surface area contributed by atoms with Crippen molar-refractivity contribution in [2.24, 2.45) is 0 Å². The molecule has 0 amide bonds. The lowest BCUT2D eigenvalue weighted by atomic mass is 9.74. The molecule has 0 saturated carbocycles. The average Bonchev–Trinajstić information content (AvgIpc) is 2.33. The van der Waals surface area contributed by atoms with Crippen molar-refractivity contribution in [3.8, 4) is 5.75 Å². The number of ether oxygens (including phenoxy) is 2. The van der Waals surface area contributed by atoms with Crippen molar-refractivity contribution in [3.05, 3.63) is 28.8 Å². The van der Waals surface area contributed by atoms with E-state index in [1.807, 2.05) is 12.1 Å². The summed E-state index contributed by atoms with van der Waals surface area (Å²) in [4.78, 5) is 11.9. The molecule has 0 bridgehead atoms. The molecule has 0 N–H and O–H groups in total. The van der Waals surface area contributed by atoms with Gasteiger partial charge in [-0.3, -0.25) is 0 Å². The lowest BCUT2D eigenvalue weighted by molar-refractivity contribution is 0.0597. The smallest absolute Gasteiger partial charge is 0.341 e. The summed E-state index contributed by atoms with van der Waals surface area (Å²) in [5.74, 6) is 0.197. The highest BCUT2D eigenvalue weighted by atomic mass is 16.5. The Morgan fingerprint density at radius 2 is 1.35 bits per heavy atom. The zero-order chi connectivity index (χ0) is 15.7. The third-order valence-corrected chi connectivity index (χ3v) is 3.36. The third-order valence-electron chi connectivity index (χ3n) is 3.36. The highest BCUT2D eigenvalue weighted by Gasteiger charge is 2.28. The number of carbonyl (C=O) groups is 1. The summed E-state index contributed by atoms with van der Waals surface area (Å²) < 4.78 is 10.2. The van der Waals surface area contributed by atoms with Crippen LogP contribution in [0.2, 0.25) is 0 Å². The first-order valence-corrected chi connectivity index (χ1v) is 6.83. The van der Waals surface area contributed by atoms with E-state index < -0.39 is 0 Å². The fourth-order valence-electron chi connectivity index (χ4n) is 2.26. The van der Waals surface area contributed by atoms with Crippen LogP contribution in [0.3, 0.4) is 0 Å². The number of hydrogen-bond donors (Lipinski definition) is 0. The topological polar surface area (TPSA) is 35.5 Å². The summed E-state index contributed by atoms with van der Waals surface area (Å²) >= 11 is 0. The molecular weight excluding hydrogens is 252 g/mol. The van der Waals surface area contributed by atoms with Crippen LogP contribution in [-0.4, -0.2) is 20.2 Å². The van der Waals surface area contributed by atoms with Crippen LogP contribution in [0.1, 0.15) is 63.0 Å². The molecule has 0 radical (unpaired) electrons. The number of hydrogen-bond acceptors (Lipinski definition) is 3. The Morgan fingerprint density at radius 1 is 0.900 bits per heavy atom. The van der Waals surface area contributed by atoms with Crippen molar-refractivity contribution >= 4 is 5.97 Å². The van der Waals surface area contributed by atoms with Gasteiger partial charge < -0.3 is 9.47 Å². The van der Waals surface area contributed by atoms with E-state index in [0.29, 0.717) is 11.3 Å². The van der Waals surface area contributed by atoms with Crippen LogP contribution >= 0.6 is 0 Å². The summed E-state index contributed by atoms with van der Waals surface area (Å²) in [5, 5.41) is 0. The van der Waals surface area contributed by atoms with Crippen LogP contribution in [-0.2, 0) is 15.6 Å². The predicted molar refractivity (Wildman–Crippen MR) is 81.7 cm³/mol. The van der Waals surface area contributed by atoms with Gasteiger partial charge in [0, 0.05) is 0 Å². The monoisotopic (exact) mass is 278 g/mol. The Hall–Kier alpha value is -1.51. The van der Waals surface area contributed by atoms with Crippen molar-refractivity contribution in [3.63, 3.8) is 0 Å². The van der Waals surface area contributed by atoms with Crippen molar-refractivity contribution in [1.82, 2.24) is 0 Å². The molecule has 0 unspecified atom stereocenters. The van der Waals surface area contributed by atoms with Crippen LogP contribution in [0, 0.1) is 0 Å². The van der Waals surface area contributed by atoms with Gasteiger partial charge in [-0.25, -0.2) is 4.79 Å². The van der Waals surface area contributed by atoms with E-state index in [1.165, 1.54) is 12.7 Å². The maximum Gasteiger partial charge on any atom is 0.341 e. The Labute approximate surface area is 122 Å². The van der Waals surface area contributed by atoms with Gasteiger partial charge in [0.25, 0.3) is 0 Å². The van der Waals surface area contributed by atoms with Gasteiger partial charge in [-0.1, -0.05) is 41.5 Å². The number of rotatable bonds is 2. The molecule has 20 heavy (non-hydrogen) atoms. The van der Waals surface area contributed by atoms with Crippen molar-refractivity contribution in [1.29, 1.82) is 0 Å². The minimum Gasteiger partial charge on any atom is -0.496 e. The summed E-state index contributed by atoms with van der Waals surface area (Å²) in [6.45, 7) is 12.9. The lowest BCUT2D eigenvalue weighted by Gasteiger charge is -2.31. The molecule has 1 aromatic rings. The first kappa shape index (κ1) is 16.5. The fraction of sp³-hybridized carbons (Fsp3) is 0.588. The highest BCUT2D eigenvalue weighted by molar-refractivity contribution is 5.93. The molecule has 0 aliphatic rings. The van der Waals surface area contributed by atoms with E-state index >= 15 is 0 Å². The molecule has 0 heterocycles. The zero-order valence-corrected chi connectivity index (χ0v) is 13.9. The quantitative estimate of drug-likeness (QED) is 0.765. The van der Waals surface area contributed by atoms with Gasteiger partial charge in [-0.15, -0.1) is 0 Å². The molecule has 0 aliphatic heterocycles. The van der Waals surface area contributed by atoms with Crippen LogP contribution in [0.5, 0.6) is 5.75 Å². The van der Waals surface area contributed by atoms with Gasteiger partial charge in [0.15, 0.2) is 0 Å². The summed E-state index contributed by atoms with van der Waals surface area (Å²) in [7, 11) is 2.96. The normalized spacial score (nSPS) is 12.2. The van der Waals surface area contributed by atoms with Crippen molar-refractivity contribution < 1.29 is 14.3 Å². The standard InChI is InChI=1S/C17H26O3/c1-16(2,3)12-9-11(15(18)20-8)14(19-7)10-13(12)17(4,5)6/h9-10H,1-8H3. The van der Waals surface area contributed by atoms with E-state index in [1.54, 1.807) is 7.11 Å². The van der Waals surface area contributed by atoms with Crippen molar-refractivity contribution in [2.45, 2.75) is 52.4 Å². The molecule has 0 aromatic heterocycles. The zero-order valence-electron chi connectivity index (χ0n) is 13.9. The predicted octanol–water partition coefficient (Wildman–Crippen LogP) is 4.08. The van der Waals surface area contributed by atoms with Gasteiger partial charge in [0.1, 0.15) is 11.3 Å². The highest BCUT2D eigenvalue weighted by Crippen LogP contribution is 2.38. The molecule has 3 nitrogen and oxygen atoms in total. The minimum absolute atomic E-state index is 0.0233. The second-order valence-electron chi connectivity index (χ2n) is 7.09. The number of carbonyl (C=O) groups excluding carboxylic acids is 1. The molecule has 0 fully saturated rings. The molecule has 1 aromatic carbocycles. The van der Waals surface area contributed by atoms with Crippen LogP contribution in [0.15, 0.2) is 12.1 Å². The molecule has 0 spiro atoms. The second kappa shape index (κ2) is 5.47. The first-order valence-electron chi connectivity index (χ1n) is 6.83. The van der Waals surface area contributed by atoms with Crippen molar-refractivity contribution in [2.75, 3.05) is 14.2 Å². The van der Waals surface area contributed by atoms with Gasteiger partial charge in [-0.2, -0.15) is 0 Å². The van der Waals surface area contributed by atoms with E-state index in [4.69, 9.17) is 9.47 Å². The molecule has 1 rings (SSSR count). The molecular formula is C17H26O3. The molecule has 0 saturated heterocycles.